The van der Waals surface area contributed by atoms with Crippen LogP contribution in [0.2, 0.25) is 0 Å². The Morgan fingerprint density at radius 1 is 1.27 bits per heavy atom. The van der Waals surface area contributed by atoms with E-state index in [0.717, 1.165) is 16.1 Å². The topological polar surface area (TPSA) is 62.7 Å². The van der Waals surface area contributed by atoms with E-state index < -0.39 is 0 Å². The molecule has 6 heteroatoms. The zero-order valence-corrected chi connectivity index (χ0v) is 13.6. The Morgan fingerprint density at radius 2 is 2.05 bits per heavy atom. The number of hydrogen-bond donors (Lipinski definition) is 3. The van der Waals surface area contributed by atoms with Gasteiger partial charge in [-0.05, 0) is 45.0 Å². The number of benzene rings is 1. The Balaban J connectivity index is 2.20. The molecule has 0 atom stereocenters. The molecule has 0 bridgehead atoms. The van der Waals surface area contributed by atoms with Crippen LogP contribution in [0.15, 0.2) is 46.2 Å². The number of nitrogens with zero attached hydrogens (tertiary/aromatic N) is 2. The van der Waals surface area contributed by atoms with E-state index in [4.69, 9.17) is 0 Å². The number of thiol groups is 1. The molecule has 3 aromatic rings. The number of hydrogen-bond acceptors (Lipinski definition) is 4. The van der Waals surface area contributed by atoms with Gasteiger partial charge in [-0.2, -0.15) is 5.10 Å². The van der Waals surface area contributed by atoms with E-state index in [-0.39, 0.29) is 11.1 Å². The number of nitrogens with one attached hydrogen (secondary N) is 2. The maximum Gasteiger partial charge on any atom is 0.261 e. The number of aromatic nitrogens is 3. The Bertz CT molecular complexity index is 889. The van der Waals surface area contributed by atoms with Crippen molar-refractivity contribution in [2.75, 3.05) is 5.32 Å². The van der Waals surface area contributed by atoms with Gasteiger partial charge in [0.25, 0.3) is 5.56 Å². The van der Waals surface area contributed by atoms with Crippen LogP contribution in [-0.4, -0.2) is 14.8 Å². The van der Waals surface area contributed by atoms with Gasteiger partial charge in [-0.25, -0.2) is 0 Å². The summed E-state index contributed by atoms with van der Waals surface area (Å²) in [5, 5.41) is 8.38. The number of H-pyrrole nitrogens is 1. The lowest BCUT2D eigenvalue weighted by atomic mass is 10.1. The third-order valence-electron chi connectivity index (χ3n) is 3.35. The number of rotatable bonds is 2. The maximum atomic E-state index is 12.2. The lowest BCUT2D eigenvalue weighted by molar-refractivity contribution is 0.369. The summed E-state index contributed by atoms with van der Waals surface area (Å²) in [5.74, 6) is 0.547. The van der Waals surface area contributed by atoms with Gasteiger partial charge >= 0.3 is 0 Å². The summed E-state index contributed by atoms with van der Waals surface area (Å²) in [6.45, 7) is 6.16. The molecule has 0 amide bonds. The summed E-state index contributed by atoms with van der Waals surface area (Å²) in [6.07, 6.45) is 1.65. The molecule has 0 spiro atoms. The fourth-order valence-electron chi connectivity index (χ4n) is 2.40. The van der Waals surface area contributed by atoms with Gasteiger partial charge < -0.3 is 10.3 Å². The maximum absolute atomic E-state index is 12.2. The molecule has 0 saturated carbocycles. The standard InChI is InChI=1S/C16H18N4OS/c1-16(2,3)20-12-7-8-17-15(21)13(12)14(19-20)18-10-5-4-6-11(22)9-10/h4-9,22H,1-3H3,(H,17,21)(H,18,19). The molecule has 2 N–H and O–H groups in total. The van der Waals surface area contributed by atoms with Gasteiger partial charge in [0.05, 0.1) is 11.1 Å². The van der Waals surface area contributed by atoms with Gasteiger partial charge in [0.1, 0.15) is 5.39 Å². The second-order valence-corrected chi connectivity index (χ2v) is 6.69. The largest absolute Gasteiger partial charge is 0.338 e. The van der Waals surface area contributed by atoms with E-state index in [9.17, 15) is 4.79 Å². The fraction of sp³-hybridized carbons (Fsp3) is 0.250. The minimum atomic E-state index is -0.225. The van der Waals surface area contributed by atoms with Crippen molar-refractivity contribution < 1.29 is 0 Å². The molecule has 0 fully saturated rings. The van der Waals surface area contributed by atoms with Crippen LogP contribution in [0.4, 0.5) is 11.5 Å². The predicted molar refractivity (Wildman–Crippen MR) is 92.3 cm³/mol. The van der Waals surface area contributed by atoms with Gasteiger partial charge in [-0.1, -0.05) is 6.07 Å². The smallest absolute Gasteiger partial charge is 0.261 e. The van der Waals surface area contributed by atoms with Crippen LogP contribution in [0.1, 0.15) is 20.8 Å². The molecule has 0 saturated heterocycles. The van der Waals surface area contributed by atoms with Crippen molar-refractivity contribution in [1.29, 1.82) is 0 Å². The van der Waals surface area contributed by atoms with Crippen LogP contribution in [0.25, 0.3) is 10.9 Å². The average molecular weight is 314 g/mol. The summed E-state index contributed by atoms with van der Waals surface area (Å²) in [6, 6.07) is 9.47. The molecule has 0 aliphatic rings. The highest BCUT2D eigenvalue weighted by molar-refractivity contribution is 7.80. The molecule has 0 aliphatic carbocycles. The summed E-state index contributed by atoms with van der Waals surface area (Å²) in [5.41, 5.74) is 1.27. The first-order valence-corrected chi connectivity index (χ1v) is 7.48. The quantitative estimate of drug-likeness (QED) is 0.634. The summed E-state index contributed by atoms with van der Waals surface area (Å²) >= 11 is 4.33. The van der Waals surface area contributed by atoms with Crippen molar-refractivity contribution in [2.24, 2.45) is 0 Å². The Morgan fingerprint density at radius 3 is 2.73 bits per heavy atom. The molecule has 0 radical (unpaired) electrons. The van der Waals surface area contributed by atoms with Crippen molar-refractivity contribution in [3.63, 3.8) is 0 Å². The van der Waals surface area contributed by atoms with Crippen LogP contribution in [0, 0.1) is 0 Å². The minimum absolute atomic E-state index is 0.155. The molecule has 5 nitrogen and oxygen atoms in total. The zero-order chi connectivity index (χ0) is 15.9. The molecule has 1 aromatic carbocycles. The fourth-order valence-corrected chi connectivity index (χ4v) is 2.62. The molecule has 22 heavy (non-hydrogen) atoms. The molecule has 2 aromatic heterocycles. The minimum Gasteiger partial charge on any atom is -0.338 e. The van der Waals surface area contributed by atoms with Crippen molar-refractivity contribution in [3.8, 4) is 0 Å². The number of pyridine rings is 1. The van der Waals surface area contributed by atoms with Crippen molar-refractivity contribution in [1.82, 2.24) is 14.8 Å². The molecule has 0 unspecified atom stereocenters. The van der Waals surface area contributed by atoms with Crippen molar-refractivity contribution >= 4 is 35.0 Å². The van der Waals surface area contributed by atoms with Crippen LogP contribution in [0.5, 0.6) is 0 Å². The Kier molecular flexibility index (Phi) is 3.48. The molecular formula is C16H18N4OS. The van der Waals surface area contributed by atoms with E-state index >= 15 is 0 Å². The van der Waals surface area contributed by atoms with E-state index in [0.29, 0.717) is 11.2 Å². The van der Waals surface area contributed by atoms with E-state index in [2.05, 4.69) is 48.8 Å². The molecule has 3 rings (SSSR count). The second kappa shape index (κ2) is 5.21. The molecule has 2 heterocycles. The first kappa shape index (κ1) is 14.7. The lowest BCUT2D eigenvalue weighted by Crippen LogP contribution is -2.23. The van der Waals surface area contributed by atoms with Gasteiger partial charge in [0, 0.05) is 16.8 Å². The zero-order valence-electron chi connectivity index (χ0n) is 12.7. The van der Waals surface area contributed by atoms with Gasteiger partial charge in [0.15, 0.2) is 5.82 Å². The van der Waals surface area contributed by atoms with E-state index in [1.54, 1.807) is 6.20 Å². The van der Waals surface area contributed by atoms with Crippen LogP contribution in [0.3, 0.4) is 0 Å². The second-order valence-electron chi connectivity index (χ2n) is 6.17. The Labute approximate surface area is 133 Å². The van der Waals surface area contributed by atoms with Gasteiger partial charge in [-0.15, -0.1) is 12.6 Å². The summed E-state index contributed by atoms with van der Waals surface area (Å²) in [4.78, 5) is 15.8. The monoisotopic (exact) mass is 314 g/mol. The lowest BCUT2D eigenvalue weighted by Gasteiger charge is -2.20. The average Bonchev–Trinajstić information content (AvgIpc) is 2.79. The third-order valence-corrected chi connectivity index (χ3v) is 3.63. The molecule has 114 valence electrons. The Hall–Kier alpha value is -2.21. The van der Waals surface area contributed by atoms with Crippen LogP contribution in [-0.2, 0) is 5.54 Å². The van der Waals surface area contributed by atoms with Crippen molar-refractivity contribution in [3.05, 3.63) is 46.9 Å². The van der Waals surface area contributed by atoms with Gasteiger partial charge in [0.2, 0.25) is 0 Å². The van der Waals surface area contributed by atoms with Crippen LogP contribution >= 0.6 is 12.6 Å². The highest BCUT2D eigenvalue weighted by atomic mass is 32.1. The highest BCUT2D eigenvalue weighted by Gasteiger charge is 2.21. The van der Waals surface area contributed by atoms with Crippen molar-refractivity contribution in [2.45, 2.75) is 31.2 Å². The van der Waals surface area contributed by atoms with E-state index in [1.807, 2.05) is 35.0 Å². The molecule has 0 aliphatic heterocycles. The first-order valence-electron chi connectivity index (χ1n) is 7.03. The highest BCUT2D eigenvalue weighted by Crippen LogP contribution is 2.27. The predicted octanol–water partition coefficient (Wildman–Crippen LogP) is 3.51. The number of aromatic amines is 1. The molecular weight excluding hydrogens is 296 g/mol. The summed E-state index contributed by atoms with van der Waals surface area (Å²) < 4.78 is 1.87. The van der Waals surface area contributed by atoms with E-state index in [1.165, 1.54) is 0 Å². The SMILES string of the molecule is CC(C)(C)n1nc(Nc2cccc(S)c2)c2c(=O)[nH]ccc21. The third kappa shape index (κ3) is 2.62. The normalized spacial score (nSPS) is 11.8. The summed E-state index contributed by atoms with van der Waals surface area (Å²) in [7, 11) is 0. The number of anilines is 2. The van der Waals surface area contributed by atoms with Crippen LogP contribution < -0.4 is 10.9 Å². The first-order chi connectivity index (χ1) is 10.4. The number of fused-ring (bicyclic) bond motifs is 1. The van der Waals surface area contributed by atoms with Gasteiger partial charge in [-0.3, -0.25) is 9.48 Å².